The standard InChI is InChI=1S/C15H27NO5/c1-15(2,3)21-14(19)16-12(9-10-17)13(18)20-11-7-5-4-6-8-11/h11-12,17H,4-10H2,1-3H3,(H,16,19). The van der Waals surface area contributed by atoms with E-state index in [0.29, 0.717) is 0 Å². The van der Waals surface area contributed by atoms with E-state index in [0.717, 1.165) is 25.7 Å². The lowest BCUT2D eigenvalue weighted by atomic mass is 9.98. The van der Waals surface area contributed by atoms with Crippen LogP contribution in [0.3, 0.4) is 0 Å². The van der Waals surface area contributed by atoms with Crippen LogP contribution in [0.1, 0.15) is 59.3 Å². The molecule has 1 aliphatic carbocycles. The summed E-state index contributed by atoms with van der Waals surface area (Å²) in [6, 6.07) is -0.869. The normalized spacial score (nSPS) is 17.9. The fourth-order valence-corrected chi connectivity index (χ4v) is 2.26. The van der Waals surface area contributed by atoms with Crippen LogP contribution in [0.5, 0.6) is 0 Å². The molecule has 0 bridgehead atoms. The van der Waals surface area contributed by atoms with Gasteiger partial charge in [0.05, 0.1) is 0 Å². The highest BCUT2D eigenvalue weighted by Crippen LogP contribution is 2.21. The van der Waals surface area contributed by atoms with Crippen molar-refractivity contribution in [3.63, 3.8) is 0 Å². The van der Waals surface area contributed by atoms with Crippen molar-refractivity contribution in [1.29, 1.82) is 0 Å². The number of alkyl carbamates (subject to hydrolysis) is 1. The maximum absolute atomic E-state index is 12.1. The molecule has 1 saturated carbocycles. The number of aliphatic hydroxyl groups is 1. The molecule has 0 aromatic rings. The van der Waals surface area contributed by atoms with Gasteiger partial charge >= 0.3 is 12.1 Å². The lowest BCUT2D eigenvalue weighted by Gasteiger charge is -2.26. The van der Waals surface area contributed by atoms with E-state index in [1.165, 1.54) is 6.42 Å². The molecule has 1 fully saturated rings. The number of carbonyl (C=O) groups is 2. The van der Waals surface area contributed by atoms with Crippen molar-refractivity contribution in [2.45, 2.75) is 77.0 Å². The molecular weight excluding hydrogens is 274 g/mol. The highest BCUT2D eigenvalue weighted by Gasteiger charge is 2.27. The Hall–Kier alpha value is -1.30. The van der Waals surface area contributed by atoms with Gasteiger partial charge in [0.1, 0.15) is 17.7 Å². The molecule has 21 heavy (non-hydrogen) atoms. The maximum atomic E-state index is 12.1. The first-order valence-corrected chi connectivity index (χ1v) is 7.62. The minimum atomic E-state index is -0.869. The van der Waals surface area contributed by atoms with Crippen molar-refractivity contribution in [2.75, 3.05) is 6.61 Å². The van der Waals surface area contributed by atoms with Gasteiger partial charge in [-0.15, -0.1) is 0 Å². The number of rotatable bonds is 5. The summed E-state index contributed by atoms with van der Waals surface area (Å²) in [6.45, 7) is 5.02. The zero-order chi connectivity index (χ0) is 15.9. The van der Waals surface area contributed by atoms with Gasteiger partial charge in [0.25, 0.3) is 0 Å². The Morgan fingerprint density at radius 1 is 1.24 bits per heavy atom. The molecule has 1 rings (SSSR count). The summed E-state index contributed by atoms with van der Waals surface area (Å²) in [5.41, 5.74) is -0.638. The number of ether oxygens (including phenoxy) is 2. The van der Waals surface area contributed by atoms with E-state index in [1.54, 1.807) is 20.8 Å². The first kappa shape index (κ1) is 17.8. The molecular formula is C15H27NO5. The molecule has 0 heterocycles. The number of hydrogen-bond acceptors (Lipinski definition) is 5. The lowest BCUT2D eigenvalue weighted by Crippen LogP contribution is -2.45. The summed E-state index contributed by atoms with van der Waals surface area (Å²) in [6.07, 6.45) is 4.38. The smallest absolute Gasteiger partial charge is 0.408 e. The van der Waals surface area contributed by atoms with Gasteiger partial charge in [0.15, 0.2) is 0 Å². The first-order chi connectivity index (χ1) is 9.81. The summed E-state index contributed by atoms with van der Waals surface area (Å²) < 4.78 is 10.5. The Balaban J connectivity index is 2.50. The molecule has 1 aliphatic rings. The van der Waals surface area contributed by atoms with Gasteiger partial charge in [-0.2, -0.15) is 0 Å². The third kappa shape index (κ3) is 7.32. The quantitative estimate of drug-likeness (QED) is 0.760. The van der Waals surface area contributed by atoms with Gasteiger partial charge in [-0.1, -0.05) is 6.42 Å². The first-order valence-electron chi connectivity index (χ1n) is 7.62. The Morgan fingerprint density at radius 2 is 1.86 bits per heavy atom. The average molecular weight is 301 g/mol. The van der Waals surface area contributed by atoms with Crippen LogP contribution in [-0.2, 0) is 14.3 Å². The van der Waals surface area contributed by atoms with Gasteiger partial charge in [-0.25, -0.2) is 9.59 Å². The maximum Gasteiger partial charge on any atom is 0.408 e. The highest BCUT2D eigenvalue weighted by molar-refractivity contribution is 5.81. The molecule has 0 aliphatic heterocycles. The van der Waals surface area contributed by atoms with Crippen LogP contribution in [0, 0.1) is 0 Å². The third-order valence-electron chi connectivity index (χ3n) is 3.23. The van der Waals surface area contributed by atoms with Crippen molar-refractivity contribution in [3.8, 4) is 0 Å². The van der Waals surface area contributed by atoms with Gasteiger partial charge in [0, 0.05) is 13.0 Å². The van der Waals surface area contributed by atoms with E-state index < -0.39 is 23.7 Å². The van der Waals surface area contributed by atoms with E-state index >= 15 is 0 Å². The molecule has 1 unspecified atom stereocenters. The number of amides is 1. The van der Waals surface area contributed by atoms with Crippen LogP contribution >= 0.6 is 0 Å². The van der Waals surface area contributed by atoms with Crippen LogP contribution in [0.2, 0.25) is 0 Å². The van der Waals surface area contributed by atoms with Gasteiger partial charge in [-0.05, 0) is 46.5 Å². The molecule has 1 atom stereocenters. The van der Waals surface area contributed by atoms with Gasteiger partial charge < -0.3 is 19.9 Å². The monoisotopic (exact) mass is 301 g/mol. The van der Waals surface area contributed by atoms with Crippen LogP contribution in [0.25, 0.3) is 0 Å². The molecule has 0 spiro atoms. The zero-order valence-electron chi connectivity index (χ0n) is 13.2. The second kappa shape index (κ2) is 8.22. The molecule has 0 aromatic carbocycles. The Morgan fingerprint density at radius 3 is 2.38 bits per heavy atom. The van der Waals surface area contributed by atoms with E-state index in [2.05, 4.69) is 5.32 Å². The average Bonchev–Trinajstić information content (AvgIpc) is 2.37. The predicted octanol–water partition coefficient (Wildman–Crippen LogP) is 2.14. The topological polar surface area (TPSA) is 84.9 Å². The minimum Gasteiger partial charge on any atom is -0.461 e. The van der Waals surface area contributed by atoms with E-state index in [1.807, 2.05) is 0 Å². The fraction of sp³-hybridized carbons (Fsp3) is 0.867. The van der Waals surface area contributed by atoms with Crippen LogP contribution in [-0.4, -0.2) is 41.5 Å². The SMILES string of the molecule is CC(C)(C)OC(=O)NC(CCO)C(=O)OC1CCCCC1. The van der Waals surface area contributed by atoms with E-state index in [4.69, 9.17) is 14.6 Å². The number of nitrogens with one attached hydrogen (secondary N) is 1. The largest absolute Gasteiger partial charge is 0.461 e. The van der Waals surface area contributed by atoms with E-state index in [-0.39, 0.29) is 19.1 Å². The molecule has 6 nitrogen and oxygen atoms in total. The highest BCUT2D eigenvalue weighted by atomic mass is 16.6. The zero-order valence-corrected chi connectivity index (χ0v) is 13.2. The van der Waals surface area contributed by atoms with Crippen molar-refractivity contribution in [2.24, 2.45) is 0 Å². The summed E-state index contributed by atoms with van der Waals surface area (Å²) in [7, 11) is 0. The van der Waals surface area contributed by atoms with Crippen molar-refractivity contribution in [1.82, 2.24) is 5.32 Å². The van der Waals surface area contributed by atoms with Crippen molar-refractivity contribution < 1.29 is 24.2 Å². The second-order valence-corrected chi connectivity index (χ2v) is 6.41. The summed E-state index contributed by atoms with van der Waals surface area (Å²) in [5, 5.41) is 11.5. The Labute approximate surface area is 126 Å². The van der Waals surface area contributed by atoms with Crippen molar-refractivity contribution in [3.05, 3.63) is 0 Å². The molecule has 0 saturated heterocycles. The second-order valence-electron chi connectivity index (χ2n) is 6.41. The summed E-state index contributed by atoms with van der Waals surface area (Å²) in [5.74, 6) is -0.498. The Kier molecular flexibility index (Phi) is 6.95. The van der Waals surface area contributed by atoms with Gasteiger partial charge in [-0.3, -0.25) is 0 Å². The predicted molar refractivity (Wildman–Crippen MR) is 77.8 cm³/mol. The van der Waals surface area contributed by atoms with Crippen LogP contribution in [0.15, 0.2) is 0 Å². The molecule has 6 heteroatoms. The van der Waals surface area contributed by atoms with Gasteiger partial charge in [0.2, 0.25) is 0 Å². The number of esters is 1. The molecule has 122 valence electrons. The number of hydrogen-bond donors (Lipinski definition) is 2. The third-order valence-corrected chi connectivity index (χ3v) is 3.23. The molecule has 0 aromatic heterocycles. The number of carbonyl (C=O) groups excluding carboxylic acids is 2. The van der Waals surface area contributed by atoms with Crippen LogP contribution < -0.4 is 5.32 Å². The number of aliphatic hydroxyl groups excluding tert-OH is 1. The molecule has 1 amide bonds. The minimum absolute atomic E-state index is 0.0760. The molecule has 2 N–H and O–H groups in total. The van der Waals surface area contributed by atoms with E-state index in [9.17, 15) is 9.59 Å². The fourth-order valence-electron chi connectivity index (χ4n) is 2.26. The molecule has 0 radical (unpaired) electrons. The summed E-state index contributed by atoms with van der Waals surface area (Å²) >= 11 is 0. The summed E-state index contributed by atoms with van der Waals surface area (Å²) in [4.78, 5) is 23.8. The lowest BCUT2D eigenvalue weighted by molar-refractivity contribution is -0.153. The Bertz CT molecular complexity index is 344. The van der Waals surface area contributed by atoms with Crippen molar-refractivity contribution >= 4 is 12.1 Å². The van der Waals surface area contributed by atoms with Crippen LogP contribution in [0.4, 0.5) is 4.79 Å².